The van der Waals surface area contributed by atoms with Crippen LogP contribution in [-0.2, 0) is 27.4 Å². The van der Waals surface area contributed by atoms with Gasteiger partial charge in [-0.05, 0) is 17.0 Å². The molecule has 0 saturated carbocycles. The molecule has 128 valence electrons. The van der Waals surface area contributed by atoms with Crippen LogP contribution in [0.15, 0.2) is 53.2 Å². The summed E-state index contributed by atoms with van der Waals surface area (Å²) in [6, 6.07) is 13.4. The number of carbonyl (C=O) groups excluding carboxylic acids is 2. The molecule has 0 aliphatic heterocycles. The molecule has 3 aromatic rings. The molecule has 7 heteroatoms. The molecule has 0 unspecified atom stereocenters. The zero-order chi connectivity index (χ0) is 17.5. The Hall–Kier alpha value is -2.51. The Balaban J connectivity index is 1.41. The minimum atomic E-state index is -0.463. The van der Waals surface area contributed by atoms with Gasteiger partial charge in [-0.1, -0.05) is 36.4 Å². The van der Waals surface area contributed by atoms with Crippen LogP contribution in [0.25, 0.3) is 9.88 Å². The van der Waals surface area contributed by atoms with E-state index >= 15 is 0 Å². The van der Waals surface area contributed by atoms with Gasteiger partial charge in [-0.25, -0.2) is 4.98 Å². The predicted molar refractivity (Wildman–Crippen MR) is 98.4 cm³/mol. The van der Waals surface area contributed by atoms with E-state index in [0.717, 1.165) is 15.4 Å². The Morgan fingerprint density at radius 3 is 2.68 bits per heavy atom. The van der Waals surface area contributed by atoms with Gasteiger partial charge >= 0.3 is 5.97 Å². The lowest BCUT2D eigenvalue weighted by Gasteiger charge is -2.06. The van der Waals surface area contributed by atoms with Crippen LogP contribution in [0.3, 0.4) is 0 Å². The van der Waals surface area contributed by atoms with E-state index in [1.54, 1.807) is 11.3 Å². The zero-order valence-electron chi connectivity index (χ0n) is 13.3. The highest BCUT2D eigenvalue weighted by Gasteiger charge is 2.11. The Morgan fingerprint density at radius 1 is 1.08 bits per heavy atom. The van der Waals surface area contributed by atoms with E-state index in [1.807, 2.05) is 53.2 Å². The van der Waals surface area contributed by atoms with Gasteiger partial charge in [-0.2, -0.15) is 0 Å². The van der Waals surface area contributed by atoms with Crippen molar-refractivity contribution in [2.45, 2.75) is 13.0 Å². The first-order valence-corrected chi connectivity index (χ1v) is 9.41. The third-order valence-corrected chi connectivity index (χ3v) is 5.23. The highest BCUT2D eigenvalue weighted by Crippen LogP contribution is 2.27. The number of nitrogens with zero attached hydrogens (tertiary/aromatic N) is 1. The van der Waals surface area contributed by atoms with E-state index in [2.05, 4.69) is 10.3 Å². The molecule has 0 atom stereocenters. The first kappa shape index (κ1) is 17.3. The standard InChI is InChI=1S/C18H16N2O3S2/c21-16(9-14-12-25-18(20-14)15-7-4-8-24-15)19-10-17(22)23-11-13-5-2-1-3-6-13/h1-8,12H,9-11H2,(H,19,21). The minimum Gasteiger partial charge on any atom is -0.460 e. The second-order valence-corrected chi connectivity index (χ2v) is 7.03. The number of thiophene rings is 1. The number of carbonyl (C=O) groups is 2. The molecule has 0 aliphatic carbocycles. The van der Waals surface area contributed by atoms with Gasteiger partial charge < -0.3 is 10.1 Å². The van der Waals surface area contributed by atoms with Crippen LogP contribution < -0.4 is 5.32 Å². The summed E-state index contributed by atoms with van der Waals surface area (Å²) in [7, 11) is 0. The molecule has 0 radical (unpaired) electrons. The van der Waals surface area contributed by atoms with Gasteiger partial charge in [0.15, 0.2) is 0 Å². The molecule has 1 N–H and O–H groups in total. The van der Waals surface area contributed by atoms with E-state index in [-0.39, 0.29) is 25.5 Å². The molecule has 2 aromatic heterocycles. The maximum Gasteiger partial charge on any atom is 0.325 e. The van der Waals surface area contributed by atoms with Crippen LogP contribution in [-0.4, -0.2) is 23.4 Å². The van der Waals surface area contributed by atoms with E-state index in [1.165, 1.54) is 11.3 Å². The first-order chi connectivity index (χ1) is 12.2. The summed E-state index contributed by atoms with van der Waals surface area (Å²) in [6.45, 7) is 0.0549. The molecule has 25 heavy (non-hydrogen) atoms. The van der Waals surface area contributed by atoms with Gasteiger partial charge in [0.1, 0.15) is 18.2 Å². The largest absolute Gasteiger partial charge is 0.460 e. The third-order valence-electron chi connectivity index (χ3n) is 3.30. The smallest absolute Gasteiger partial charge is 0.325 e. The molecule has 0 spiro atoms. The lowest BCUT2D eigenvalue weighted by atomic mass is 10.2. The van der Waals surface area contributed by atoms with Crippen LogP contribution in [0.2, 0.25) is 0 Å². The maximum absolute atomic E-state index is 11.9. The number of rotatable bonds is 7. The van der Waals surface area contributed by atoms with Gasteiger partial charge in [0.05, 0.1) is 17.0 Å². The molecule has 1 amide bonds. The first-order valence-electron chi connectivity index (χ1n) is 7.65. The quantitative estimate of drug-likeness (QED) is 0.646. The third kappa shape index (κ3) is 5.23. The molecule has 2 heterocycles. The number of ether oxygens (including phenoxy) is 1. The van der Waals surface area contributed by atoms with Crippen LogP contribution in [0.4, 0.5) is 0 Å². The number of nitrogens with one attached hydrogen (secondary N) is 1. The maximum atomic E-state index is 11.9. The van der Waals surface area contributed by atoms with Crippen molar-refractivity contribution in [2.24, 2.45) is 0 Å². The molecule has 0 fully saturated rings. The van der Waals surface area contributed by atoms with Crippen molar-refractivity contribution in [3.8, 4) is 9.88 Å². The topological polar surface area (TPSA) is 68.3 Å². The van der Waals surface area contributed by atoms with Crippen molar-refractivity contribution in [1.29, 1.82) is 0 Å². The highest BCUT2D eigenvalue weighted by molar-refractivity contribution is 7.20. The van der Waals surface area contributed by atoms with Gasteiger partial charge in [-0.15, -0.1) is 22.7 Å². The molecular formula is C18H16N2O3S2. The average Bonchev–Trinajstić information content (AvgIpc) is 3.30. The fourth-order valence-corrected chi connectivity index (χ4v) is 3.72. The lowest BCUT2D eigenvalue weighted by Crippen LogP contribution is -2.31. The zero-order valence-corrected chi connectivity index (χ0v) is 14.9. The van der Waals surface area contributed by atoms with Crippen molar-refractivity contribution in [1.82, 2.24) is 10.3 Å². The second-order valence-electron chi connectivity index (χ2n) is 5.22. The van der Waals surface area contributed by atoms with Crippen molar-refractivity contribution < 1.29 is 14.3 Å². The molecule has 3 rings (SSSR count). The summed E-state index contributed by atoms with van der Waals surface area (Å²) in [6.07, 6.45) is 0.147. The van der Waals surface area contributed by atoms with Crippen molar-refractivity contribution in [3.63, 3.8) is 0 Å². The number of hydrogen-bond donors (Lipinski definition) is 1. The van der Waals surface area contributed by atoms with Crippen LogP contribution in [0.5, 0.6) is 0 Å². The van der Waals surface area contributed by atoms with Crippen molar-refractivity contribution >= 4 is 34.6 Å². The SMILES string of the molecule is O=C(Cc1csc(-c2cccs2)n1)NCC(=O)OCc1ccccc1. The molecule has 0 bridgehead atoms. The van der Waals surface area contributed by atoms with Gasteiger partial charge in [0, 0.05) is 5.38 Å². The van der Waals surface area contributed by atoms with Gasteiger partial charge in [0.25, 0.3) is 0 Å². The van der Waals surface area contributed by atoms with Crippen molar-refractivity contribution in [2.75, 3.05) is 6.54 Å². The Morgan fingerprint density at radius 2 is 1.92 bits per heavy atom. The fourth-order valence-electron chi connectivity index (χ4n) is 2.09. The van der Waals surface area contributed by atoms with Crippen molar-refractivity contribution in [3.05, 3.63) is 64.5 Å². The monoisotopic (exact) mass is 372 g/mol. The number of aromatic nitrogens is 1. The van der Waals surface area contributed by atoms with Crippen LogP contribution in [0, 0.1) is 0 Å². The Labute approximate surface area is 153 Å². The average molecular weight is 372 g/mol. The number of thiazole rings is 1. The van der Waals surface area contributed by atoms with E-state index in [4.69, 9.17) is 4.74 Å². The normalized spacial score (nSPS) is 10.4. The molecule has 0 saturated heterocycles. The highest BCUT2D eigenvalue weighted by atomic mass is 32.1. The molecule has 0 aliphatic rings. The Bertz CT molecular complexity index is 829. The van der Waals surface area contributed by atoms with E-state index in [0.29, 0.717) is 5.69 Å². The molecular weight excluding hydrogens is 356 g/mol. The van der Waals surface area contributed by atoms with Crippen LogP contribution >= 0.6 is 22.7 Å². The summed E-state index contributed by atoms with van der Waals surface area (Å²) < 4.78 is 5.12. The fraction of sp³-hybridized carbons (Fsp3) is 0.167. The second kappa shape index (κ2) is 8.55. The summed E-state index contributed by atoms with van der Waals surface area (Å²) in [5, 5.41) is 7.32. The van der Waals surface area contributed by atoms with Crippen LogP contribution in [0.1, 0.15) is 11.3 Å². The van der Waals surface area contributed by atoms with E-state index in [9.17, 15) is 9.59 Å². The van der Waals surface area contributed by atoms with Gasteiger partial charge in [-0.3, -0.25) is 9.59 Å². The number of benzene rings is 1. The predicted octanol–water partition coefficient (Wildman–Crippen LogP) is 3.27. The van der Waals surface area contributed by atoms with Gasteiger partial charge in [0.2, 0.25) is 5.91 Å². The molecule has 5 nitrogen and oxygen atoms in total. The summed E-state index contributed by atoms with van der Waals surface area (Å²) in [5.74, 6) is -0.713. The van der Waals surface area contributed by atoms with E-state index < -0.39 is 5.97 Å². The number of amides is 1. The number of esters is 1. The summed E-state index contributed by atoms with van der Waals surface area (Å²) in [5.41, 5.74) is 1.61. The summed E-state index contributed by atoms with van der Waals surface area (Å²) >= 11 is 3.12. The number of hydrogen-bond acceptors (Lipinski definition) is 6. The minimum absolute atomic E-state index is 0.145. The Kier molecular flexibility index (Phi) is 5.92. The lowest BCUT2D eigenvalue weighted by molar-refractivity contribution is -0.145. The summed E-state index contributed by atoms with van der Waals surface area (Å²) in [4.78, 5) is 29.2. The molecule has 1 aromatic carbocycles.